The zero-order chi connectivity index (χ0) is 11.6. The van der Waals surface area contributed by atoms with Crippen LogP contribution in [0.5, 0.6) is 0 Å². The van der Waals surface area contributed by atoms with E-state index in [0.717, 1.165) is 31.8 Å². The molecule has 2 rings (SSSR count). The molecule has 1 saturated heterocycles. The number of aryl methyl sites for hydroxylation is 1. The molecule has 1 aromatic heterocycles. The second kappa shape index (κ2) is 4.47. The summed E-state index contributed by atoms with van der Waals surface area (Å²) < 4.78 is 1.86. The number of nitrogens with zero attached hydrogens (tertiary/aromatic N) is 5. The number of hydrogen-bond donors (Lipinski definition) is 1. The minimum Gasteiger partial charge on any atom is -0.388 e. The fourth-order valence-corrected chi connectivity index (χ4v) is 2.05. The lowest BCUT2D eigenvalue weighted by atomic mass is 9.97. The fourth-order valence-electron chi connectivity index (χ4n) is 2.05. The monoisotopic (exact) mass is 225 g/mol. The Morgan fingerprint density at radius 2 is 2.19 bits per heavy atom. The van der Waals surface area contributed by atoms with Crippen molar-refractivity contribution in [1.29, 1.82) is 0 Å². The van der Waals surface area contributed by atoms with E-state index in [2.05, 4.69) is 27.3 Å². The minimum atomic E-state index is -0.526. The van der Waals surface area contributed by atoms with Crippen molar-refractivity contribution >= 4 is 0 Å². The molecule has 0 amide bonds. The average molecular weight is 225 g/mol. The number of rotatable bonds is 5. The van der Waals surface area contributed by atoms with E-state index in [-0.39, 0.29) is 0 Å². The van der Waals surface area contributed by atoms with E-state index < -0.39 is 5.60 Å². The summed E-state index contributed by atoms with van der Waals surface area (Å²) in [5.74, 6) is 0.893. The Kier molecular flexibility index (Phi) is 3.20. The van der Waals surface area contributed by atoms with Crippen LogP contribution in [0.1, 0.15) is 32.5 Å². The summed E-state index contributed by atoms with van der Waals surface area (Å²) >= 11 is 0. The van der Waals surface area contributed by atoms with E-state index in [1.807, 2.05) is 11.6 Å². The highest BCUT2D eigenvalue weighted by molar-refractivity contribution is 4.94. The van der Waals surface area contributed by atoms with Gasteiger partial charge in [0.15, 0.2) is 5.82 Å². The van der Waals surface area contributed by atoms with E-state index in [9.17, 15) is 5.11 Å². The first-order chi connectivity index (χ1) is 7.61. The van der Waals surface area contributed by atoms with Crippen LogP contribution < -0.4 is 0 Å². The molecule has 0 atom stereocenters. The molecule has 1 fully saturated rings. The molecule has 2 heterocycles. The Morgan fingerprint density at radius 3 is 2.81 bits per heavy atom. The summed E-state index contributed by atoms with van der Waals surface area (Å²) in [5, 5.41) is 21.3. The topological polar surface area (TPSA) is 67.1 Å². The zero-order valence-electron chi connectivity index (χ0n) is 9.93. The predicted octanol–water partition coefficient (Wildman–Crippen LogP) is 0.0398. The van der Waals surface area contributed by atoms with E-state index in [4.69, 9.17) is 0 Å². The minimum absolute atomic E-state index is 0.526. The largest absolute Gasteiger partial charge is 0.388 e. The first-order valence-electron chi connectivity index (χ1n) is 5.80. The van der Waals surface area contributed by atoms with Crippen LogP contribution in [-0.2, 0) is 13.1 Å². The molecule has 0 aliphatic carbocycles. The van der Waals surface area contributed by atoms with Gasteiger partial charge in [-0.25, -0.2) is 4.68 Å². The maximum atomic E-state index is 9.62. The maximum absolute atomic E-state index is 9.62. The molecule has 0 aromatic carbocycles. The Balaban J connectivity index is 1.87. The molecule has 0 bridgehead atoms. The van der Waals surface area contributed by atoms with Crippen LogP contribution in [0.15, 0.2) is 0 Å². The van der Waals surface area contributed by atoms with Gasteiger partial charge >= 0.3 is 0 Å². The summed E-state index contributed by atoms with van der Waals surface area (Å²) in [6, 6.07) is 0. The molecule has 1 N–H and O–H groups in total. The normalized spacial score (nSPS) is 19.7. The summed E-state index contributed by atoms with van der Waals surface area (Å²) in [5.41, 5.74) is -0.526. The quantitative estimate of drug-likeness (QED) is 0.766. The van der Waals surface area contributed by atoms with Gasteiger partial charge in [0.25, 0.3) is 0 Å². The van der Waals surface area contributed by atoms with Gasteiger partial charge in [0.1, 0.15) is 0 Å². The molecule has 6 heteroatoms. The Labute approximate surface area is 95.2 Å². The van der Waals surface area contributed by atoms with Crippen molar-refractivity contribution in [2.45, 2.75) is 45.4 Å². The van der Waals surface area contributed by atoms with Crippen molar-refractivity contribution in [2.24, 2.45) is 0 Å². The van der Waals surface area contributed by atoms with Gasteiger partial charge in [-0.3, -0.25) is 4.90 Å². The van der Waals surface area contributed by atoms with Crippen LogP contribution in [-0.4, -0.2) is 48.9 Å². The standard InChI is InChI=1S/C10H19N5O/c1-3-4-5-15-9(11-12-13-15)6-14-7-10(2,16)8-14/h16H,3-8H2,1-2H3. The smallest absolute Gasteiger partial charge is 0.165 e. The highest BCUT2D eigenvalue weighted by atomic mass is 16.3. The average Bonchev–Trinajstić information content (AvgIpc) is 2.59. The lowest BCUT2D eigenvalue weighted by Gasteiger charge is -2.43. The third kappa shape index (κ3) is 2.56. The van der Waals surface area contributed by atoms with Crippen molar-refractivity contribution in [1.82, 2.24) is 25.1 Å². The van der Waals surface area contributed by atoms with Crippen LogP contribution in [0.4, 0.5) is 0 Å². The third-order valence-electron chi connectivity index (χ3n) is 2.82. The number of unbranched alkanes of at least 4 members (excludes halogenated alkanes) is 1. The Bertz CT molecular complexity index is 341. The zero-order valence-corrected chi connectivity index (χ0v) is 9.93. The molecule has 6 nitrogen and oxygen atoms in total. The number of hydrogen-bond acceptors (Lipinski definition) is 5. The molecule has 0 spiro atoms. The van der Waals surface area contributed by atoms with Crippen molar-refractivity contribution in [3.05, 3.63) is 5.82 Å². The SMILES string of the molecule is CCCCn1nnnc1CN1CC(C)(O)C1. The molecule has 1 aromatic rings. The van der Waals surface area contributed by atoms with E-state index >= 15 is 0 Å². The molecule has 16 heavy (non-hydrogen) atoms. The lowest BCUT2D eigenvalue weighted by molar-refractivity contribution is -0.0884. The van der Waals surface area contributed by atoms with Gasteiger partial charge in [0, 0.05) is 19.6 Å². The van der Waals surface area contributed by atoms with Gasteiger partial charge < -0.3 is 5.11 Å². The lowest BCUT2D eigenvalue weighted by Crippen LogP contribution is -2.59. The van der Waals surface area contributed by atoms with Gasteiger partial charge in [-0.15, -0.1) is 5.10 Å². The number of aliphatic hydroxyl groups is 1. The molecule has 0 unspecified atom stereocenters. The van der Waals surface area contributed by atoms with Gasteiger partial charge in [-0.2, -0.15) is 0 Å². The number of likely N-dealkylation sites (tertiary alicyclic amines) is 1. The van der Waals surface area contributed by atoms with E-state index in [0.29, 0.717) is 13.1 Å². The summed E-state index contributed by atoms with van der Waals surface area (Å²) in [6.07, 6.45) is 2.23. The van der Waals surface area contributed by atoms with Crippen LogP contribution in [0.25, 0.3) is 0 Å². The third-order valence-corrected chi connectivity index (χ3v) is 2.82. The highest BCUT2D eigenvalue weighted by Gasteiger charge is 2.36. The number of tetrazole rings is 1. The van der Waals surface area contributed by atoms with Crippen LogP contribution in [0.3, 0.4) is 0 Å². The molecule has 1 aliphatic rings. The van der Waals surface area contributed by atoms with Gasteiger partial charge in [-0.1, -0.05) is 13.3 Å². The summed E-state index contributed by atoms with van der Waals surface area (Å²) in [7, 11) is 0. The van der Waals surface area contributed by atoms with Crippen LogP contribution in [0.2, 0.25) is 0 Å². The fraction of sp³-hybridized carbons (Fsp3) is 0.900. The summed E-state index contributed by atoms with van der Waals surface area (Å²) in [6.45, 7) is 7.01. The van der Waals surface area contributed by atoms with Gasteiger partial charge in [0.2, 0.25) is 0 Å². The second-order valence-corrected chi connectivity index (χ2v) is 4.81. The molecule has 90 valence electrons. The van der Waals surface area contributed by atoms with Crippen molar-refractivity contribution in [2.75, 3.05) is 13.1 Å². The van der Waals surface area contributed by atoms with Crippen LogP contribution >= 0.6 is 0 Å². The van der Waals surface area contributed by atoms with Crippen molar-refractivity contribution < 1.29 is 5.11 Å². The summed E-state index contributed by atoms with van der Waals surface area (Å²) in [4.78, 5) is 2.15. The number of β-amino-alcohol motifs (C(OH)–C–C–N with tert-alkyl or cyclic N) is 1. The highest BCUT2D eigenvalue weighted by Crippen LogP contribution is 2.21. The molecule has 1 aliphatic heterocycles. The molecular formula is C10H19N5O. The van der Waals surface area contributed by atoms with Crippen LogP contribution in [0, 0.1) is 0 Å². The molecular weight excluding hydrogens is 206 g/mol. The first kappa shape index (κ1) is 11.5. The van der Waals surface area contributed by atoms with Crippen molar-refractivity contribution in [3.8, 4) is 0 Å². The van der Waals surface area contributed by atoms with Gasteiger partial charge in [-0.05, 0) is 23.8 Å². The van der Waals surface area contributed by atoms with E-state index in [1.54, 1.807) is 0 Å². The Hall–Kier alpha value is -1.01. The maximum Gasteiger partial charge on any atom is 0.165 e. The van der Waals surface area contributed by atoms with Crippen molar-refractivity contribution in [3.63, 3.8) is 0 Å². The number of aromatic nitrogens is 4. The van der Waals surface area contributed by atoms with E-state index in [1.165, 1.54) is 0 Å². The molecule has 0 saturated carbocycles. The second-order valence-electron chi connectivity index (χ2n) is 4.81. The van der Waals surface area contributed by atoms with Gasteiger partial charge in [0.05, 0.1) is 12.1 Å². The first-order valence-corrected chi connectivity index (χ1v) is 5.80. The Morgan fingerprint density at radius 1 is 1.44 bits per heavy atom. The molecule has 0 radical (unpaired) electrons. The predicted molar refractivity (Wildman–Crippen MR) is 58.6 cm³/mol.